The molecule has 0 aliphatic heterocycles. The van der Waals surface area contributed by atoms with Gasteiger partial charge in [-0.2, -0.15) is 0 Å². The summed E-state index contributed by atoms with van der Waals surface area (Å²) in [5, 5.41) is 3.58. The van der Waals surface area contributed by atoms with Gasteiger partial charge in [0.1, 0.15) is 5.82 Å². The van der Waals surface area contributed by atoms with Crippen LogP contribution >= 0.6 is 11.6 Å². The van der Waals surface area contributed by atoms with Gasteiger partial charge in [0.05, 0.1) is 0 Å². The maximum atomic E-state index is 5.82. The van der Waals surface area contributed by atoms with Crippen molar-refractivity contribution in [3.63, 3.8) is 0 Å². The van der Waals surface area contributed by atoms with E-state index < -0.39 is 0 Å². The Balaban J connectivity index is 2.37. The van der Waals surface area contributed by atoms with Crippen LogP contribution in [0.3, 0.4) is 0 Å². The Hall–Kier alpha value is -1.61. The molecule has 1 N–H and O–H groups in total. The summed E-state index contributed by atoms with van der Waals surface area (Å²) < 4.78 is 0. The second-order valence-corrected chi connectivity index (χ2v) is 4.88. The van der Waals surface area contributed by atoms with E-state index in [0.29, 0.717) is 5.92 Å². The van der Waals surface area contributed by atoms with Crippen LogP contribution in [0.2, 0.25) is 5.28 Å². The average Bonchev–Trinajstić information content (AvgIpc) is 2.34. The Kier molecular flexibility index (Phi) is 3.82. The SMILES string of the molecule is Cc1cnc(Cl)nc1Nc1ccccc1C(C)C. The van der Waals surface area contributed by atoms with Crippen LogP contribution in [0.1, 0.15) is 30.9 Å². The predicted molar refractivity (Wildman–Crippen MR) is 75.6 cm³/mol. The molecule has 0 atom stereocenters. The van der Waals surface area contributed by atoms with Crippen molar-refractivity contribution in [1.82, 2.24) is 9.97 Å². The smallest absolute Gasteiger partial charge is 0.224 e. The van der Waals surface area contributed by atoms with Crippen LogP contribution in [0.5, 0.6) is 0 Å². The molecule has 0 radical (unpaired) electrons. The van der Waals surface area contributed by atoms with Crippen LogP contribution in [-0.4, -0.2) is 9.97 Å². The summed E-state index contributed by atoms with van der Waals surface area (Å²) in [4.78, 5) is 8.16. The molecule has 0 saturated carbocycles. The molecule has 0 aliphatic rings. The number of hydrogen-bond donors (Lipinski definition) is 1. The number of nitrogens with zero attached hydrogens (tertiary/aromatic N) is 2. The third-order valence-corrected chi connectivity index (χ3v) is 2.96. The maximum Gasteiger partial charge on any atom is 0.224 e. The van der Waals surface area contributed by atoms with Gasteiger partial charge in [-0.25, -0.2) is 9.97 Å². The molecule has 0 spiro atoms. The van der Waals surface area contributed by atoms with Gasteiger partial charge in [-0.1, -0.05) is 32.0 Å². The highest BCUT2D eigenvalue weighted by Gasteiger charge is 2.08. The first-order valence-corrected chi connectivity index (χ1v) is 6.31. The van der Waals surface area contributed by atoms with E-state index in [9.17, 15) is 0 Å². The van der Waals surface area contributed by atoms with Gasteiger partial charge in [-0.15, -0.1) is 0 Å². The van der Waals surface area contributed by atoms with Crippen LogP contribution in [0.25, 0.3) is 0 Å². The Bertz CT molecular complexity index is 552. The van der Waals surface area contributed by atoms with Crippen molar-refractivity contribution in [2.45, 2.75) is 26.7 Å². The number of rotatable bonds is 3. The molecule has 3 nitrogen and oxygen atoms in total. The summed E-state index contributed by atoms with van der Waals surface area (Å²) in [7, 11) is 0. The van der Waals surface area contributed by atoms with E-state index >= 15 is 0 Å². The summed E-state index contributed by atoms with van der Waals surface area (Å²) >= 11 is 5.82. The molecule has 1 heterocycles. The molecule has 4 heteroatoms. The van der Waals surface area contributed by atoms with Gasteiger partial charge in [0, 0.05) is 17.4 Å². The zero-order valence-corrected chi connectivity index (χ0v) is 11.5. The molecule has 94 valence electrons. The molecule has 0 fully saturated rings. The topological polar surface area (TPSA) is 37.8 Å². The fourth-order valence-electron chi connectivity index (χ4n) is 1.79. The third-order valence-electron chi connectivity index (χ3n) is 2.78. The average molecular weight is 262 g/mol. The normalized spacial score (nSPS) is 10.7. The fourth-order valence-corrected chi connectivity index (χ4v) is 1.92. The van der Waals surface area contributed by atoms with Crippen molar-refractivity contribution in [3.8, 4) is 0 Å². The van der Waals surface area contributed by atoms with Crippen LogP contribution in [0, 0.1) is 6.92 Å². The first-order valence-electron chi connectivity index (χ1n) is 5.93. The van der Waals surface area contributed by atoms with E-state index in [0.717, 1.165) is 17.1 Å². The second kappa shape index (κ2) is 5.36. The number of nitrogens with one attached hydrogen (secondary N) is 1. The number of aryl methyl sites for hydroxylation is 1. The van der Waals surface area contributed by atoms with Gasteiger partial charge in [0.2, 0.25) is 5.28 Å². The minimum absolute atomic E-state index is 0.255. The molecular weight excluding hydrogens is 246 g/mol. The van der Waals surface area contributed by atoms with Gasteiger partial charge in [0.25, 0.3) is 0 Å². The van der Waals surface area contributed by atoms with Gasteiger partial charge >= 0.3 is 0 Å². The minimum atomic E-state index is 0.255. The van der Waals surface area contributed by atoms with Crippen molar-refractivity contribution in [3.05, 3.63) is 46.9 Å². The molecule has 0 unspecified atom stereocenters. The summed E-state index contributed by atoms with van der Waals surface area (Å²) in [5.74, 6) is 1.20. The van der Waals surface area contributed by atoms with Crippen LogP contribution in [0.15, 0.2) is 30.5 Å². The number of hydrogen-bond acceptors (Lipinski definition) is 3. The first kappa shape index (κ1) is 12.8. The lowest BCUT2D eigenvalue weighted by Gasteiger charge is -2.15. The molecule has 1 aromatic heterocycles. The lowest BCUT2D eigenvalue weighted by molar-refractivity contribution is 0.868. The largest absolute Gasteiger partial charge is 0.340 e. The van der Waals surface area contributed by atoms with E-state index in [-0.39, 0.29) is 5.28 Å². The van der Waals surface area contributed by atoms with Gasteiger partial charge in [0.15, 0.2) is 0 Å². The number of anilines is 2. The summed E-state index contributed by atoms with van der Waals surface area (Å²) in [6, 6.07) is 8.21. The Morgan fingerprint density at radius 3 is 2.67 bits per heavy atom. The van der Waals surface area contributed by atoms with Gasteiger partial charge in [-0.3, -0.25) is 0 Å². The number of para-hydroxylation sites is 1. The Morgan fingerprint density at radius 2 is 1.94 bits per heavy atom. The van der Waals surface area contributed by atoms with E-state index in [1.165, 1.54) is 5.56 Å². The monoisotopic (exact) mass is 261 g/mol. The molecule has 18 heavy (non-hydrogen) atoms. The quantitative estimate of drug-likeness (QED) is 0.837. The van der Waals surface area contributed by atoms with Crippen LogP contribution in [0.4, 0.5) is 11.5 Å². The van der Waals surface area contributed by atoms with E-state index in [4.69, 9.17) is 11.6 Å². The van der Waals surface area contributed by atoms with E-state index in [2.05, 4.69) is 35.2 Å². The molecule has 2 rings (SSSR count). The van der Waals surface area contributed by atoms with Crippen molar-refractivity contribution < 1.29 is 0 Å². The summed E-state index contributed by atoms with van der Waals surface area (Å²) in [5.41, 5.74) is 3.29. The molecule has 0 amide bonds. The highest BCUT2D eigenvalue weighted by molar-refractivity contribution is 6.28. The third kappa shape index (κ3) is 2.79. The Labute approximate surface area is 112 Å². The zero-order chi connectivity index (χ0) is 13.1. The highest BCUT2D eigenvalue weighted by Crippen LogP contribution is 2.27. The van der Waals surface area contributed by atoms with Crippen molar-refractivity contribution >= 4 is 23.1 Å². The second-order valence-electron chi connectivity index (χ2n) is 4.54. The summed E-state index contributed by atoms with van der Waals surface area (Å²) in [6.45, 7) is 6.29. The molecule has 0 saturated heterocycles. The molecule has 2 aromatic rings. The molecule has 0 bridgehead atoms. The minimum Gasteiger partial charge on any atom is -0.340 e. The van der Waals surface area contributed by atoms with Gasteiger partial charge in [-0.05, 0) is 36.1 Å². The van der Waals surface area contributed by atoms with E-state index in [1.807, 2.05) is 25.1 Å². The summed E-state index contributed by atoms with van der Waals surface area (Å²) in [6.07, 6.45) is 1.72. The molecule has 0 aliphatic carbocycles. The number of aromatic nitrogens is 2. The lowest BCUT2D eigenvalue weighted by atomic mass is 10.0. The lowest BCUT2D eigenvalue weighted by Crippen LogP contribution is -2.01. The standard InChI is InChI=1S/C14H16ClN3/c1-9(2)11-6-4-5-7-12(11)17-13-10(3)8-16-14(15)18-13/h4-9H,1-3H3,(H,16,17,18). The number of benzene rings is 1. The van der Waals surface area contributed by atoms with E-state index in [1.54, 1.807) is 6.20 Å². The molecular formula is C14H16ClN3. The fraction of sp³-hybridized carbons (Fsp3) is 0.286. The van der Waals surface area contributed by atoms with Gasteiger partial charge < -0.3 is 5.32 Å². The highest BCUT2D eigenvalue weighted by atomic mass is 35.5. The first-order chi connectivity index (χ1) is 8.58. The maximum absolute atomic E-state index is 5.82. The molecule has 1 aromatic carbocycles. The predicted octanol–water partition coefficient (Wildman–Crippen LogP) is 4.31. The van der Waals surface area contributed by atoms with Crippen molar-refractivity contribution in [2.24, 2.45) is 0 Å². The van der Waals surface area contributed by atoms with Crippen LogP contribution in [-0.2, 0) is 0 Å². The zero-order valence-electron chi connectivity index (χ0n) is 10.7. The van der Waals surface area contributed by atoms with Crippen molar-refractivity contribution in [2.75, 3.05) is 5.32 Å². The number of halogens is 1. The van der Waals surface area contributed by atoms with Crippen molar-refractivity contribution in [1.29, 1.82) is 0 Å². The van der Waals surface area contributed by atoms with Crippen LogP contribution < -0.4 is 5.32 Å². The Morgan fingerprint density at radius 1 is 1.22 bits per heavy atom.